The third kappa shape index (κ3) is 5.77. The van der Waals surface area contributed by atoms with Gasteiger partial charge in [-0.25, -0.2) is 13.5 Å². The van der Waals surface area contributed by atoms with Gasteiger partial charge in [0.05, 0.1) is 12.1 Å². The van der Waals surface area contributed by atoms with Crippen LogP contribution in [0.1, 0.15) is 66.9 Å². The van der Waals surface area contributed by atoms with Gasteiger partial charge < -0.3 is 10.6 Å². The van der Waals surface area contributed by atoms with Crippen molar-refractivity contribution in [3.8, 4) is 5.69 Å². The molecule has 2 heterocycles. The Hall–Kier alpha value is -3.66. The summed E-state index contributed by atoms with van der Waals surface area (Å²) >= 11 is 0. The van der Waals surface area contributed by atoms with E-state index in [1.165, 1.54) is 37.1 Å². The number of piperidine rings is 1. The smallest absolute Gasteiger partial charge is 0.273 e. The van der Waals surface area contributed by atoms with Crippen LogP contribution in [-0.2, 0) is 4.79 Å². The average Bonchev–Trinajstić information content (AvgIpc) is 3.56. The number of aromatic nitrogens is 3. The molecular formula is C30H34F2N6O2. The Kier molecular flexibility index (Phi) is 7.60. The van der Waals surface area contributed by atoms with Gasteiger partial charge in [-0.15, -0.1) is 5.10 Å². The molecule has 2 aromatic carbocycles. The molecule has 1 aliphatic heterocycles. The topological polar surface area (TPSA) is 92.2 Å². The normalized spacial score (nSPS) is 25.4. The summed E-state index contributed by atoms with van der Waals surface area (Å²) < 4.78 is 28.6. The molecule has 2 aliphatic carbocycles. The highest BCUT2D eigenvalue weighted by Gasteiger charge is 2.43. The number of halogens is 2. The predicted octanol–water partition coefficient (Wildman–Crippen LogP) is 3.97. The Bertz CT molecular complexity index is 1360. The van der Waals surface area contributed by atoms with E-state index >= 15 is 0 Å². The number of nitrogens with one attached hydrogen (secondary N) is 2. The molecule has 3 aromatic rings. The van der Waals surface area contributed by atoms with Crippen molar-refractivity contribution in [1.29, 1.82) is 0 Å². The Morgan fingerprint density at radius 2 is 1.73 bits per heavy atom. The minimum absolute atomic E-state index is 0.00364. The van der Waals surface area contributed by atoms with Crippen molar-refractivity contribution in [2.45, 2.75) is 69.0 Å². The van der Waals surface area contributed by atoms with Gasteiger partial charge in [0.25, 0.3) is 5.91 Å². The zero-order chi connectivity index (χ0) is 27.6. The lowest BCUT2D eigenvalue weighted by Crippen LogP contribution is -2.58. The molecular weight excluding hydrogens is 514 g/mol. The first-order chi connectivity index (χ1) is 19.5. The third-order valence-electron chi connectivity index (χ3n) is 8.62. The van der Waals surface area contributed by atoms with Gasteiger partial charge in [-0.1, -0.05) is 54.8 Å². The molecule has 2 saturated carbocycles. The number of nitrogens with zero attached hydrogens (tertiary/aromatic N) is 4. The minimum atomic E-state index is -0.808. The van der Waals surface area contributed by atoms with Crippen molar-refractivity contribution in [2.75, 3.05) is 13.1 Å². The second-order valence-corrected chi connectivity index (χ2v) is 11.3. The highest BCUT2D eigenvalue weighted by atomic mass is 19.1. The van der Waals surface area contributed by atoms with Crippen molar-refractivity contribution in [3.63, 3.8) is 0 Å². The fourth-order valence-corrected chi connectivity index (χ4v) is 6.30. The Morgan fingerprint density at radius 1 is 0.925 bits per heavy atom. The first-order valence-corrected chi connectivity index (χ1v) is 14.2. The first kappa shape index (κ1) is 26.6. The summed E-state index contributed by atoms with van der Waals surface area (Å²) in [5, 5.41) is 14.0. The van der Waals surface area contributed by atoms with Gasteiger partial charge in [-0.2, -0.15) is 0 Å². The van der Waals surface area contributed by atoms with Gasteiger partial charge in [0.2, 0.25) is 5.91 Å². The largest absolute Gasteiger partial charge is 0.352 e. The molecule has 210 valence electrons. The fourth-order valence-electron chi connectivity index (χ4n) is 6.30. The van der Waals surface area contributed by atoms with E-state index < -0.39 is 23.5 Å². The molecule has 6 rings (SSSR count). The summed E-state index contributed by atoms with van der Waals surface area (Å²) in [6, 6.07) is 13.5. The highest BCUT2D eigenvalue weighted by Crippen LogP contribution is 2.41. The Balaban J connectivity index is 1.15. The number of amides is 2. The fraction of sp³-hybridized carbons (Fsp3) is 0.467. The summed E-state index contributed by atoms with van der Waals surface area (Å²) in [5.41, 5.74) is 1.22. The highest BCUT2D eigenvalue weighted by molar-refractivity contribution is 5.93. The van der Waals surface area contributed by atoms with E-state index in [1.807, 2.05) is 18.2 Å². The number of rotatable bonds is 7. The lowest BCUT2D eigenvalue weighted by Gasteiger charge is -2.43. The van der Waals surface area contributed by atoms with Crippen LogP contribution in [0, 0.1) is 17.6 Å². The summed E-state index contributed by atoms with van der Waals surface area (Å²) in [6.45, 7) is 1.40. The lowest BCUT2D eigenvalue weighted by atomic mass is 9.87. The van der Waals surface area contributed by atoms with Crippen LogP contribution in [0.3, 0.4) is 0 Å². The van der Waals surface area contributed by atoms with Crippen LogP contribution in [0.15, 0.2) is 54.7 Å². The van der Waals surface area contributed by atoms with E-state index in [9.17, 15) is 18.4 Å². The molecule has 1 aromatic heterocycles. The Morgan fingerprint density at radius 3 is 2.50 bits per heavy atom. The number of carbonyl (C=O) groups is 2. The van der Waals surface area contributed by atoms with Crippen molar-refractivity contribution in [3.05, 3.63) is 77.6 Å². The lowest BCUT2D eigenvalue weighted by molar-refractivity contribution is -0.128. The first-order valence-electron chi connectivity index (χ1n) is 14.2. The van der Waals surface area contributed by atoms with Crippen LogP contribution in [0.2, 0.25) is 0 Å². The molecule has 40 heavy (non-hydrogen) atoms. The van der Waals surface area contributed by atoms with E-state index in [-0.39, 0.29) is 29.4 Å². The van der Waals surface area contributed by atoms with E-state index in [0.29, 0.717) is 24.9 Å². The maximum Gasteiger partial charge on any atom is 0.273 e. The van der Waals surface area contributed by atoms with E-state index in [4.69, 9.17) is 0 Å². The van der Waals surface area contributed by atoms with E-state index in [2.05, 4.69) is 38.0 Å². The molecule has 2 N–H and O–H groups in total. The van der Waals surface area contributed by atoms with Crippen LogP contribution in [0.5, 0.6) is 0 Å². The summed E-state index contributed by atoms with van der Waals surface area (Å²) in [4.78, 5) is 29.3. The number of carbonyl (C=O) groups excluding carboxylic acids is 2. The van der Waals surface area contributed by atoms with Crippen molar-refractivity contribution < 1.29 is 18.4 Å². The summed E-state index contributed by atoms with van der Waals surface area (Å²) in [6.07, 6.45) is 8.85. The third-order valence-corrected chi connectivity index (χ3v) is 8.62. The zero-order valence-corrected chi connectivity index (χ0v) is 22.3. The molecule has 0 spiro atoms. The second kappa shape index (κ2) is 11.4. The van der Waals surface area contributed by atoms with Crippen molar-refractivity contribution >= 4 is 11.8 Å². The van der Waals surface area contributed by atoms with Gasteiger partial charge in [-0.3, -0.25) is 14.5 Å². The van der Waals surface area contributed by atoms with Crippen LogP contribution in [0.4, 0.5) is 8.78 Å². The quantitative estimate of drug-likeness (QED) is 0.466. The molecule has 0 radical (unpaired) electrons. The monoisotopic (exact) mass is 548 g/mol. The van der Waals surface area contributed by atoms with Gasteiger partial charge in [0, 0.05) is 43.2 Å². The van der Waals surface area contributed by atoms with Crippen LogP contribution < -0.4 is 10.6 Å². The number of likely N-dealkylation sites (tertiary alicyclic amines) is 1. The summed E-state index contributed by atoms with van der Waals surface area (Å²) in [5.74, 6) is -2.11. The molecule has 0 unspecified atom stereocenters. The van der Waals surface area contributed by atoms with Gasteiger partial charge in [0.1, 0.15) is 11.5 Å². The number of hydrogen-bond donors (Lipinski definition) is 2. The molecule has 10 heteroatoms. The molecule has 4 atom stereocenters. The zero-order valence-electron chi connectivity index (χ0n) is 22.3. The van der Waals surface area contributed by atoms with E-state index in [0.717, 1.165) is 42.6 Å². The van der Waals surface area contributed by atoms with Crippen LogP contribution >= 0.6 is 0 Å². The average molecular weight is 549 g/mol. The maximum absolute atomic E-state index is 14.2. The van der Waals surface area contributed by atoms with Gasteiger partial charge in [0.15, 0.2) is 11.5 Å². The SMILES string of the molecule is O=C(N[C@@H]1CCN(C2CCCCC2)C[C@H]1C(=O)N[C@H]1C[C@@H]1c1ccccc1)c1cn(-c2ccc(F)cc2F)nn1. The van der Waals surface area contributed by atoms with Gasteiger partial charge in [-0.05, 0) is 43.4 Å². The molecule has 0 bridgehead atoms. The van der Waals surface area contributed by atoms with Gasteiger partial charge >= 0.3 is 0 Å². The maximum atomic E-state index is 14.2. The van der Waals surface area contributed by atoms with Crippen LogP contribution in [0.25, 0.3) is 5.69 Å². The van der Waals surface area contributed by atoms with E-state index in [1.54, 1.807) is 0 Å². The number of benzene rings is 2. The number of hydrogen-bond acceptors (Lipinski definition) is 5. The van der Waals surface area contributed by atoms with Crippen LogP contribution in [-0.4, -0.2) is 62.9 Å². The standard InChI is InChI=1S/C30H34F2N6O2/c31-20-11-12-28(24(32)15-20)38-18-27(35-36-38)30(40)33-25-13-14-37(21-9-5-2-6-10-21)17-23(25)29(39)34-26-16-22(26)19-7-3-1-4-8-19/h1,3-4,7-8,11-12,15,18,21-23,25-26H,2,5-6,9-10,13-14,16-17H2,(H,33,40)(H,34,39)/t22-,23-,25-,26+/m1/s1. The second-order valence-electron chi connectivity index (χ2n) is 11.3. The minimum Gasteiger partial charge on any atom is -0.352 e. The molecule has 8 nitrogen and oxygen atoms in total. The molecule has 2 amide bonds. The van der Waals surface area contributed by atoms with Crippen molar-refractivity contribution in [2.24, 2.45) is 5.92 Å². The Labute approximate surface area is 232 Å². The molecule has 3 aliphatic rings. The molecule has 1 saturated heterocycles. The predicted molar refractivity (Wildman–Crippen MR) is 145 cm³/mol. The summed E-state index contributed by atoms with van der Waals surface area (Å²) in [7, 11) is 0. The molecule has 3 fully saturated rings. The van der Waals surface area contributed by atoms with Crippen molar-refractivity contribution in [1.82, 2.24) is 30.5 Å².